The lowest BCUT2D eigenvalue weighted by Crippen LogP contribution is -2.39. The molecule has 2 rings (SSSR count). The minimum Gasteiger partial charge on any atom is -0.348 e. The number of likely N-dealkylation sites (N-methyl/N-ethyl adjacent to an activating group) is 1. The van der Waals surface area contributed by atoms with Gasteiger partial charge >= 0.3 is 0 Å². The first-order valence-corrected chi connectivity index (χ1v) is 10.6. The predicted molar refractivity (Wildman–Crippen MR) is 124 cm³/mol. The minimum absolute atomic E-state index is 0.0811. The van der Waals surface area contributed by atoms with Crippen molar-refractivity contribution in [1.82, 2.24) is 10.2 Å². The van der Waals surface area contributed by atoms with Crippen LogP contribution in [0.2, 0.25) is 0 Å². The van der Waals surface area contributed by atoms with E-state index in [9.17, 15) is 9.59 Å². The van der Waals surface area contributed by atoms with E-state index in [0.29, 0.717) is 5.92 Å². The molecule has 30 heavy (non-hydrogen) atoms. The van der Waals surface area contributed by atoms with Gasteiger partial charge in [-0.3, -0.25) is 14.5 Å². The molecule has 2 aromatic carbocycles. The number of nitrogens with zero attached hydrogens (tertiary/aromatic N) is 1. The Balaban J connectivity index is 1.82. The van der Waals surface area contributed by atoms with Crippen molar-refractivity contribution in [1.29, 1.82) is 0 Å². The molecule has 0 saturated heterocycles. The second-order valence-corrected chi connectivity index (χ2v) is 8.62. The molecule has 2 aromatic rings. The summed E-state index contributed by atoms with van der Waals surface area (Å²) in [6.07, 6.45) is 1.05. The summed E-state index contributed by atoms with van der Waals surface area (Å²) in [7, 11) is 1.77. The summed E-state index contributed by atoms with van der Waals surface area (Å²) in [5.41, 5.74) is 5.28. The number of aryl methyl sites for hydroxylation is 2. The Morgan fingerprint density at radius 2 is 1.47 bits per heavy atom. The topological polar surface area (TPSA) is 61.4 Å². The normalized spacial score (nSPS) is 12.1. The van der Waals surface area contributed by atoms with E-state index in [1.54, 1.807) is 11.9 Å². The lowest BCUT2D eigenvalue weighted by atomic mass is 10.00. The molecule has 0 radical (unpaired) electrons. The van der Waals surface area contributed by atoms with Crippen LogP contribution in [0.1, 0.15) is 49.1 Å². The first-order chi connectivity index (χ1) is 14.2. The lowest BCUT2D eigenvalue weighted by molar-refractivity contribution is -0.123. The van der Waals surface area contributed by atoms with Gasteiger partial charge in [0.25, 0.3) is 0 Å². The van der Waals surface area contributed by atoms with Gasteiger partial charge in [-0.05, 0) is 62.4 Å². The van der Waals surface area contributed by atoms with E-state index in [4.69, 9.17) is 0 Å². The molecule has 0 saturated carbocycles. The standard InChI is InChI=1S/C25H35N3O2/c1-17(2)14-21-10-12-22(13-11-21)20(5)26-23(29)15-28(6)16-24(30)27-25-18(3)8-7-9-19(25)4/h7-13,17,20H,14-16H2,1-6H3,(H,26,29)(H,27,30). The summed E-state index contributed by atoms with van der Waals surface area (Å²) in [6, 6.07) is 14.2. The molecule has 0 heterocycles. The fourth-order valence-electron chi connectivity index (χ4n) is 3.52. The van der Waals surface area contributed by atoms with Crippen molar-refractivity contribution in [3.63, 3.8) is 0 Å². The maximum absolute atomic E-state index is 12.4. The van der Waals surface area contributed by atoms with Crippen LogP contribution in [0.15, 0.2) is 42.5 Å². The molecule has 162 valence electrons. The van der Waals surface area contributed by atoms with E-state index in [0.717, 1.165) is 28.8 Å². The molecule has 2 N–H and O–H groups in total. The first-order valence-electron chi connectivity index (χ1n) is 10.6. The quantitative estimate of drug-likeness (QED) is 0.651. The molecule has 1 unspecified atom stereocenters. The second kappa shape index (κ2) is 10.9. The van der Waals surface area contributed by atoms with Crippen molar-refractivity contribution < 1.29 is 9.59 Å². The summed E-state index contributed by atoms with van der Waals surface area (Å²) in [5.74, 6) is 0.392. The highest BCUT2D eigenvalue weighted by atomic mass is 16.2. The van der Waals surface area contributed by atoms with Crippen LogP contribution >= 0.6 is 0 Å². The Labute approximate surface area is 180 Å². The van der Waals surface area contributed by atoms with Gasteiger partial charge in [0, 0.05) is 5.69 Å². The van der Waals surface area contributed by atoms with Gasteiger partial charge in [-0.25, -0.2) is 0 Å². The number of para-hydroxylation sites is 1. The number of amides is 2. The van der Waals surface area contributed by atoms with E-state index >= 15 is 0 Å². The molecule has 0 spiro atoms. The SMILES string of the molecule is Cc1cccc(C)c1NC(=O)CN(C)CC(=O)NC(C)c1ccc(CC(C)C)cc1. The molecular formula is C25H35N3O2. The van der Waals surface area contributed by atoms with Crippen LogP contribution in [0.3, 0.4) is 0 Å². The molecule has 0 bridgehead atoms. The van der Waals surface area contributed by atoms with E-state index in [1.165, 1.54) is 5.56 Å². The number of hydrogen-bond acceptors (Lipinski definition) is 3. The monoisotopic (exact) mass is 409 g/mol. The van der Waals surface area contributed by atoms with Crippen LogP contribution in [0.4, 0.5) is 5.69 Å². The van der Waals surface area contributed by atoms with E-state index in [1.807, 2.05) is 39.0 Å². The predicted octanol–water partition coefficient (Wildman–Crippen LogP) is 4.25. The summed E-state index contributed by atoms with van der Waals surface area (Å²) in [6.45, 7) is 10.6. The fourth-order valence-corrected chi connectivity index (χ4v) is 3.52. The molecule has 0 aliphatic rings. The van der Waals surface area contributed by atoms with Crippen LogP contribution in [-0.2, 0) is 16.0 Å². The summed E-state index contributed by atoms with van der Waals surface area (Å²) in [5, 5.41) is 5.97. The van der Waals surface area contributed by atoms with Crippen molar-refractivity contribution in [2.24, 2.45) is 5.92 Å². The zero-order valence-corrected chi connectivity index (χ0v) is 19.1. The largest absolute Gasteiger partial charge is 0.348 e. The number of carbonyl (C=O) groups excluding carboxylic acids is 2. The number of carbonyl (C=O) groups is 2. The van der Waals surface area contributed by atoms with Gasteiger partial charge < -0.3 is 10.6 Å². The Morgan fingerprint density at radius 1 is 0.900 bits per heavy atom. The minimum atomic E-state index is -0.128. The van der Waals surface area contributed by atoms with Crippen LogP contribution in [0.5, 0.6) is 0 Å². The Morgan fingerprint density at radius 3 is 2.03 bits per heavy atom. The van der Waals surface area contributed by atoms with E-state index in [-0.39, 0.29) is 30.9 Å². The zero-order valence-electron chi connectivity index (χ0n) is 19.1. The van der Waals surface area contributed by atoms with Crippen LogP contribution in [0, 0.1) is 19.8 Å². The van der Waals surface area contributed by atoms with Crippen LogP contribution in [0.25, 0.3) is 0 Å². The fraction of sp³-hybridized carbons (Fsp3) is 0.440. The van der Waals surface area contributed by atoms with Gasteiger partial charge in [0.15, 0.2) is 0 Å². The summed E-state index contributed by atoms with van der Waals surface area (Å²) < 4.78 is 0. The zero-order chi connectivity index (χ0) is 22.3. The highest BCUT2D eigenvalue weighted by molar-refractivity contribution is 5.94. The van der Waals surface area contributed by atoms with Gasteiger partial charge in [0.05, 0.1) is 19.1 Å². The third-order valence-corrected chi connectivity index (χ3v) is 5.07. The second-order valence-electron chi connectivity index (χ2n) is 8.62. The Hall–Kier alpha value is -2.66. The number of benzene rings is 2. The molecule has 0 aromatic heterocycles. The van der Waals surface area contributed by atoms with Gasteiger partial charge in [0.2, 0.25) is 11.8 Å². The number of nitrogens with one attached hydrogen (secondary N) is 2. The van der Waals surface area contributed by atoms with Crippen LogP contribution < -0.4 is 10.6 Å². The smallest absolute Gasteiger partial charge is 0.238 e. The highest BCUT2D eigenvalue weighted by Crippen LogP contribution is 2.19. The van der Waals surface area contributed by atoms with Gasteiger partial charge in [-0.2, -0.15) is 0 Å². The van der Waals surface area contributed by atoms with Crippen molar-refractivity contribution in [2.75, 3.05) is 25.5 Å². The van der Waals surface area contributed by atoms with Crippen LogP contribution in [-0.4, -0.2) is 36.9 Å². The molecule has 0 fully saturated rings. The Kier molecular flexibility index (Phi) is 8.60. The van der Waals surface area contributed by atoms with Gasteiger partial charge in [-0.15, -0.1) is 0 Å². The van der Waals surface area contributed by atoms with Crippen molar-refractivity contribution >= 4 is 17.5 Å². The van der Waals surface area contributed by atoms with Gasteiger partial charge in [0.1, 0.15) is 0 Å². The number of rotatable bonds is 9. The summed E-state index contributed by atoms with van der Waals surface area (Å²) in [4.78, 5) is 26.5. The van der Waals surface area contributed by atoms with E-state index in [2.05, 4.69) is 48.7 Å². The molecule has 5 nitrogen and oxygen atoms in total. The molecule has 0 aliphatic heterocycles. The highest BCUT2D eigenvalue weighted by Gasteiger charge is 2.15. The number of hydrogen-bond donors (Lipinski definition) is 2. The van der Waals surface area contributed by atoms with Crippen molar-refractivity contribution in [3.05, 3.63) is 64.7 Å². The molecule has 0 aliphatic carbocycles. The first kappa shape index (κ1) is 23.6. The third kappa shape index (κ3) is 7.30. The molecule has 1 atom stereocenters. The number of anilines is 1. The van der Waals surface area contributed by atoms with Crippen molar-refractivity contribution in [3.8, 4) is 0 Å². The molecular weight excluding hydrogens is 374 g/mol. The molecule has 2 amide bonds. The Bertz CT molecular complexity index is 839. The maximum atomic E-state index is 12.4. The summed E-state index contributed by atoms with van der Waals surface area (Å²) >= 11 is 0. The average molecular weight is 410 g/mol. The van der Waals surface area contributed by atoms with Gasteiger partial charge in [-0.1, -0.05) is 56.3 Å². The molecule has 5 heteroatoms. The lowest BCUT2D eigenvalue weighted by Gasteiger charge is -2.20. The van der Waals surface area contributed by atoms with E-state index < -0.39 is 0 Å². The average Bonchev–Trinajstić information content (AvgIpc) is 2.64. The maximum Gasteiger partial charge on any atom is 0.238 e. The third-order valence-electron chi connectivity index (χ3n) is 5.07. The van der Waals surface area contributed by atoms with Crippen molar-refractivity contribution in [2.45, 2.75) is 47.1 Å².